The molecule has 0 spiro atoms. The molecule has 166 valence electrons. The van der Waals surface area contributed by atoms with Crippen LogP contribution in [0.4, 0.5) is 11.4 Å². The van der Waals surface area contributed by atoms with Gasteiger partial charge in [0, 0.05) is 30.3 Å². The van der Waals surface area contributed by atoms with Gasteiger partial charge >= 0.3 is 0 Å². The lowest BCUT2D eigenvalue weighted by molar-refractivity contribution is -0.117. The standard InChI is InChI=1S/C27H32N4O/c1-17-26(30-23-8-3-19(16-28)4-9-23)24-15-22(20-11-13-29-14-12-20)7-10-25(24)31(18(2)32)27(17)21-5-6-21/h3-4,7-10,15,17,20-21,26-27,29-30H,5-6,11-14H2,1-2H3/t17-,26-,27-/m1/s1. The number of amides is 1. The summed E-state index contributed by atoms with van der Waals surface area (Å²) < 4.78 is 0. The third-order valence-corrected chi connectivity index (χ3v) is 7.60. The average molecular weight is 429 g/mol. The number of hydrogen-bond acceptors (Lipinski definition) is 4. The molecule has 2 N–H and O–H groups in total. The predicted octanol–water partition coefficient (Wildman–Crippen LogP) is 4.96. The molecular weight excluding hydrogens is 396 g/mol. The SMILES string of the molecule is CC(=O)N1c2ccc(C3CCNCC3)cc2[C@H](Nc2ccc(C#N)cc2)[C@@H](C)[C@@H]1C1CC1. The van der Waals surface area contributed by atoms with Crippen LogP contribution in [0.25, 0.3) is 0 Å². The van der Waals surface area contributed by atoms with Gasteiger partial charge in [0.2, 0.25) is 5.91 Å². The summed E-state index contributed by atoms with van der Waals surface area (Å²) in [4.78, 5) is 14.9. The summed E-state index contributed by atoms with van der Waals surface area (Å²) in [6.07, 6.45) is 4.71. The van der Waals surface area contributed by atoms with Crippen LogP contribution in [-0.4, -0.2) is 25.0 Å². The Labute approximate surface area is 190 Å². The third-order valence-electron chi connectivity index (χ3n) is 7.60. The van der Waals surface area contributed by atoms with Crippen LogP contribution in [0.2, 0.25) is 0 Å². The van der Waals surface area contributed by atoms with Gasteiger partial charge in [-0.3, -0.25) is 4.79 Å². The zero-order valence-electron chi connectivity index (χ0n) is 19.0. The topological polar surface area (TPSA) is 68.2 Å². The van der Waals surface area contributed by atoms with E-state index >= 15 is 0 Å². The van der Waals surface area contributed by atoms with E-state index in [2.05, 4.69) is 46.7 Å². The number of nitriles is 1. The van der Waals surface area contributed by atoms with E-state index in [1.54, 1.807) is 6.92 Å². The van der Waals surface area contributed by atoms with Crippen LogP contribution in [0, 0.1) is 23.2 Å². The summed E-state index contributed by atoms with van der Waals surface area (Å²) in [7, 11) is 0. The molecule has 0 aromatic heterocycles. The van der Waals surface area contributed by atoms with E-state index in [4.69, 9.17) is 5.26 Å². The van der Waals surface area contributed by atoms with Gasteiger partial charge in [0.15, 0.2) is 0 Å². The first-order chi connectivity index (χ1) is 15.6. The smallest absolute Gasteiger partial charge is 0.224 e. The van der Waals surface area contributed by atoms with Gasteiger partial charge in [0.05, 0.1) is 17.7 Å². The maximum absolute atomic E-state index is 12.8. The molecule has 0 radical (unpaired) electrons. The van der Waals surface area contributed by atoms with Gasteiger partial charge in [-0.2, -0.15) is 5.26 Å². The van der Waals surface area contributed by atoms with Crippen molar-refractivity contribution in [1.29, 1.82) is 5.26 Å². The average Bonchev–Trinajstić information content (AvgIpc) is 3.66. The molecule has 32 heavy (non-hydrogen) atoms. The lowest BCUT2D eigenvalue weighted by Crippen LogP contribution is -2.51. The Kier molecular flexibility index (Phi) is 5.65. The fourth-order valence-electron chi connectivity index (χ4n) is 5.81. The second-order valence-corrected chi connectivity index (χ2v) is 9.73. The van der Waals surface area contributed by atoms with Crippen molar-refractivity contribution in [2.45, 2.75) is 57.5 Å². The van der Waals surface area contributed by atoms with E-state index in [0.29, 0.717) is 17.4 Å². The Morgan fingerprint density at radius 1 is 1.09 bits per heavy atom. The summed E-state index contributed by atoms with van der Waals surface area (Å²) in [5, 5.41) is 16.4. The number of nitrogens with zero attached hydrogens (tertiary/aromatic N) is 2. The first kappa shape index (κ1) is 21.0. The van der Waals surface area contributed by atoms with Crippen molar-refractivity contribution in [2.75, 3.05) is 23.3 Å². The van der Waals surface area contributed by atoms with Crippen molar-refractivity contribution in [3.05, 3.63) is 59.2 Å². The Morgan fingerprint density at radius 2 is 1.81 bits per heavy atom. The molecule has 1 aliphatic carbocycles. The van der Waals surface area contributed by atoms with Gasteiger partial charge in [0.25, 0.3) is 0 Å². The minimum absolute atomic E-state index is 0.126. The van der Waals surface area contributed by atoms with Crippen LogP contribution in [0.3, 0.4) is 0 Å². The summed E-state index contributed by atoms with van der Waals surface area (Å²) >= 11 is 0. The second-order valence-electron chi connectivity index (χ2n) is 9.73. The zero-order valence-corrected chi connectivity index (χ0v) is 19.0. The number of anilines is 2. The summed E-state index contributed by atoms with van der Waals surface area (Å²) in [6, 6.07) is 17.1. The highest BCUT2D eigenvalue weighted by atomic mass is 16.2. The van der Waals surface area contributed by atoms with E-state index in [-0.39, 0.29) is 23.9 Å². The van der Waals surface area contributed by atoms with Gasteiger partial charge in [-0.05, 0) is 92.1 Å². The summed E-state index contributed by atoms with van der Waals surface area (Å²) in [6.45, 7) is 6.13. The van der Waals surface area contributed by atoms with Crippen molar-refractivity contribution in [3.63, 3.8) is 0 Å². The van der Waals surface area contributed by atoms with Crippen LogP contribution in [0.1, 0.15) is 68.2 Å². The van der Waals surface area contributed by atoms with Gasteiger partial charge in [-0.1, -0.05) is 19.1 Å². The lowest BCUT2D eigenvalue weighted by atomic mass is 9.78. The van der Waals surface area contributed by atoms with Crippen LogP contribution < -0.4 is 15.5 Å². The monoisotopic (exact) mass is 428 g/mol. The molecule has 5 heteroatoms. The molecule has 3 atom stereocenters. The first-order valence-electron chi connectivity index (χ1n) is 12.0. The Hall–Kier alpha value is -2.84. The molecule has 2 aromatic rings. The van der Waals surface area contributed by atoms with Gasteiger partial charge < -0.3 is 15.5 Å². The zero-order chi connectivity index (χ0) is 22.2. The molecule has 0 bridgehead atoms. The normalized spacial score (nSPS) is 25.7. The summed E-state index contributed by atoms with van der Waals surface area (Å²) in [5.74, 6) is 1.58. The fourth-order valence-corrected chi connectivity index (χ4v) is 5.81. The lowest BCUT2D eigenvalue weighted by Gasteiger charge is -2.46. The Bertz CT molecular complexity index is 1030. The van der Waals surface area contributed by atoms with Crippen LogP contribution in [0.15, 0.2) is 42.5 Å². The van der Waals surface area contributed by atoms with Crippen LogP contribution in [0.5, 0.6) is 0 Å². The van der Waals surface area contributed by atoms with Crippen LogP contribution in [-0.2, 0) is 4.79 Å². The molecule has 3 aliphatic rings. The number of hydrogen-bond donors (Lipinski definition) is 2. The van der Waals surface area contributed by atoms with Gasteiger partial charge in [-0.15, -0.1) is 0 Å². The highest BCUT2D eigenvalue weighted by Gasteiger charge is 2.47. The van der Waals surface area contributed by atoms with E-state index in [1.165, 1.54) is 24.0 Å². The number of piperidine rings is 1. The highest BCUT2D eigenvalue weighted by molar-refractivity contribution is 5.94. The fraction of sp³-hybridized carbons (Fsp3) is 0.481. The second kappa shape index (κ2) is 8.60. The molecule has 2 aliphatic heterocycles. The van der Waals surface area contributed by atoms with Gasteiger partial charge in [0.1, 0.15) is 0 Å². The van der Waals surface area contributed by atoms with Crippen molar-refractivity contribution in [1.82, 2.24) is 5.32 Å². The minimum atomic E-state index is 0.126. The largest absolute Gasteiger partial charge is 0.378 e. The molecule has 1 saturated heterocycles. The molecule has 1 amide bonds. The van der Waals surface area contributed by atoms with Gasteiger partial charge in [-0.25, -0.2) is 0 Å². The third kappa shape index (κ3) is 3.89. The van der Waals surface area contributed by atoms with Crippen molar-refractivity contribution < 1.29 is 4.79 Å². The van der Waals surface area contributed by atoms with Crippen LogP contribution >= 0.6 is 0 Å². The molecule has 2 fully saturated rings. The maximum atomic E-state index is 12.8. The molecule has 5 rings (SSSR count). The predicted molar refractivity (Wildman–Crippen MR) is 128 cm³/mol. The van der Waals surface area contributed by atoms with Crippen molar-refractivity contribution in [2.24, 2.45) is 11.8 Å². The minimum Gasteiger partial charge on any atom is -0.378 e. The number of benzene rings is 2. The highest BCUT2D eigenvalue weighted by Crippen LogP contribution is 2.50. The molecule has 5 nitrogen and oxygen atoms in total. The summed E-state index contributed by atoms with van der Waals surface area (Å²) in [5.41, 5.74) is 5.36. The number of carbonyl (C=O) groups is 1. The van der Waals surface area contributed by atoms with Crippen molar-refractivity contribution in [3.8, 4) is 6.07 Å². The Balaban J connectivity index is 1.56. The quantitative estimate of drug-likeness (QED) is 0.722. The molecule has 2 aromatic carbocycles. The number of carbonyl (C=O) groups excluding carboxylic acids is 1. The molecule has 1 saturated carbocycles. The van der Waals surface area contributed by atoms with E-state index in [0.717, 1.165) is 37.3 Å². The first-order valence-corrected chi connectivity index (χ1v) is 12.0. The molecular formula is C27H32N4O. The Morgan fingerprint density at radius 3 is 2.44 bits per heavy atom. The molecule has 2 heterocycles. The van der Waals surface area contributed by atoms with E-state index in [9.17, 15) is 4.79 Å². The number of fused-ring (bicyclic) bond motifs is 1. The number of nitrogens with one attached hydrogen (secondary N) is 2. The van der Waals surface area contributed by atoms with E-state index < -0.39 is 0 Å². The van der Waals surface area contributed by atoms with E-state index in [1.807, 2.05) is 24.3 Å². The number of rotatable bonds is 4. The molecule has 0 unspecified atom stereocenters. The van der Waals surface area contributed by atoms with Crippen molar-refractivity contribution >= 4 is 17.3 Å². The maximum Gasteiger partial charge on any atom is 0.224 e.